The second kappa shape index (κ2) is 6.88. The molecular formula is C16H20N4OS2. The maximum Gasteiger partial charge on any atom is 0.323 e. The number of anilines is 1. The van der Waals surface area contributed by atoms with E-state index in [0.29, 0.717) is 5.13 Å². The number of nitrogens with zero attached hydrogens (tertiary/aromatic N) is 3. The molecule has 1 fully saturated rings. The molecule has 0 unspecified atom stereocenters. The van der Waals surface area contributed by atoms with Gasteiger partial charge in [-0.15, -0.1) is 10.2 Å². The Morgan fingerprint density at radius 3 is 2.57 bits per heavy atom. The fourth-order valence-corrected chi connectivity index (χ4v) is 4.20. The first-order valence-corrected chi connectivity index (χ1v) is 9.57. The van der Waals surface area contributed by atoms with Crippen LogP contribution in [0.5, 0.6) is 0 Å². The molecule has 1 aromatic heterocycles. The number of rotatable bonds is 3. The van der Waals surface area contributed by atoms with Gasteiger partial charge in [0, 0.05) is 30.0 Å². The number of nitrogens with one attached hydrogen (secondary N) is 1. The zero-order chi connectivity index (χ0) is 16.3. The minimum absolute atomic E-state index is 0.0782. The monoisotopic (exact) mass is 348 g/mol. The van der Waals surface area contributed by atoms with Gasteiger partial charge in [-0.25, -0.2) is 4.79 Å². The molecule has 2 amide bonds. The number of carbonyl (C=O) groups is 1. The highest BCUT2D eigenvalue weighted by Gasteiger charge is 2.28. The zero-order valence-corrected chi connectivity index (χ0v) is 14.9. The maximum absolute atomic E-state index is 12.2. The summed E-state index contributed by atoms with van der Waals surface area (Å²) in [4.78, 5) is 14.1. The minimum Gasteiger partial charge on any atom is -0.323 e. The van der Waals surface area contributed by atoms with Gasteiger partial charge in [0.25, 0.3) is 0 Å². The van der Waals surface area contributed by atoms with E-state index in [1.165, 1.54) is 16.9 Å². The van der Waals surface area contributed by atoms with Crippen molar-refractivity contribution in [3.8, 4) is 0 Å². The SMILES string of the molecule is CC(C)(c1ccccc1)c1nnc(NC(=O)N2CCSCC2)s1. The van der Waals surface area contributed by atoms with Gasteiger partial charge in [0.05, 0.1) is 0 Å². The van der Waals surface area contributed by atoms with E-state index in [9.17, 15) is 4.79 Å². The molecule has 2 heterocycles. The number of hydrogen-bond donors (Lipinski definition) is 1. The molecule has 1 aromatic carbocycles. The molecule has 1 saturated heterocycles. The van der Waals surface area contributed by atoms with E-state index in [1.807, 2.05) is 34.9 Å². The van der Waals surface area contributed by atoms with Gasteiger partial charge in [-0.3, -0.25) is 5.32 Å². The van der Waals surface area contributed by atoms with Crippen molar-refractivity contribution >= 4 is 34.3 Å². The lowest BCUT2D eigenvalue weighted by atomic mass is 9.85. The molecule has 3 rings (SSSR count). The highest BCUT2D eigenvalue weighted by atomic mass is 32.2. The van der Waals surface area contributed by atoms with Gasteiger partial charge in [0.15, 0.2) is 0 Å². The third kappa shape index (κ3) is 3.67. The minimum atomic E-state index is -0.232. The molecule has 0 radical (unpaired) electrons. The summed E-state index contributed by atoms with van der Waals surface area (Å²) in [6.07, 6.45) is 0. The van der Waals surface area contributed by atoms with Gasteiger partial charge in [-0.1, -0.05) is 41.7 Å². The van der Waals surface area contributed by atoms with Gasteiger partial charge in [0.2, 0.25) is 5.13 Å². The number of aromatic nitrogens is 2. The molecule has 1 N–H and O–H groups in total. The fourth-order valence-electron chi connectivity index (χ4n) is 2.44. The lowest BCUT2D eigenvalue weighted by Gasteiger charge is -2.25. The number of hydrogen-bond acceptors (Lipinski definition) is 5. The van der Waals surface area contributed by atoms with Crippen molar-refractivity contribution in [1.82, 2.24) is 15.1 Å². The lowest BCUT2D eigenvalue weighted by Crippen LogP contribution is -2.40. The number of benzene rings is 1. The highest BCUT2D eigenvalue weighted by Crippen LogP contribution is 2.34. The van der Waals surface area contributed by atoms with Crippen LogP contribution in [0.1, 0.15) is 24.4 Å². The quantitative estimate of drug-likeness (QED) is 0.923. The average Bonchev–Trinajstić information content (AvgIpc) is 3.06. The van der Waals surface area contributed by atoms with Crippen LogP contribution < -0.4 is 5.32 Å². The fraction of sp³-hybridized carbons (Fsp3) is 0.438. The zero-order valence-electron chi connectivity index (χ0n) is 13.3. The molecule has 5 nitrogen and oxygen atoms in total. The van der Waals surface area contributed by atoms with E-state index in [0.717, 1.165) is 29.6 Å². The van der Waals surface area contributed by atoms with Gasteiger partial charge in [0.1, 0.15) is 5.01 Å². The van der Waals surface area contributed by atoms with E-state index in [2.05, 4.69) is 41.5 Å². The Hall–Kier alpha value is -1.60. The van der Waals surface area contributed by atoms with E-state index in [-0.39, 0.29) is 11.4 Å². The van der Waals surface area contributed by atoms with Crippen LogP contribution in [0.4, 0.5) is 9.93 Å². The Labute approximate surface area is 144 Å². The topological polar surface area (TPSA) is 58.1 Å². The lowest BCUT2D eigenvalue weighted by molar-refractivity contribution is 0.217. The summed E-state index contributed by atoms with van der Waals surface area (Å²) in [5, 5.41) is 12.8. The summed E-state index contributed by atoms with van der Waals surface area (Å²) in [7, 11) is 0. The molecule has 0 saturated carbocycles. The number of carbonyl (C=O) groups excluding carboxylic acids is 1. The van der Waals surface area contributed by atoms with Gasteiger partial charge >= 0.3 is 6.03 Å². The second-order valence-corrected chi connectivity index (χ2v) is 8.14. The molecule has 0 spiro atoms. The smallest absolute Gasteiger partial charge is 0.323 e. The number of urea groups is 1. The molecule has 1 aliphatic rings. The van der Waals surface area contributed by atoms with E-state index in [1.54, 1.807) is 0 Å². The van der Waals surface area contributed by atoms with Crippen molar-refractivity contribution in [3.05, 3.63) is 40.9 Å². The van der Waals surface area contributed by atoms with Crippen LogP contribution in [0, 0.1) is 0 Å². The standard InChI is InChI=1S/C16H20N4OS2/c1-16(2,12-6-4-3-5-7-12)13-18-19-14(23-13)17-15(21)20-8-10-22-11-9-20/h3-7H,8-11H2,1-2H3,(H,17,19,21). The van der Waals surface area contributed by atoms with Crippen LogP contribution in [0.2, 0.25) is 0 Å². The van der Waals surface area contributed by atoms with E-state index < -0.39 is 0 Å². The molecule has 2 aromatic rings. The van der Waals surface area contributed by atoms with Crippen LogP contribution >= 0.6 is 23.1 Å². The normalized spacial score (nSPS) is 15.5. The predicted molar refractivity (Wildman–Crippen MR) is 96.4 cm³/mol. The molecule has 0 atom stereocenters. The molecular weight excluding hydrogens is 328 g/mol. The summed E-state index contributed by atoms with van der Waals surface area (Å²) in [5.41, 5.74) is 0.950. The van der Waals surface area contributed by atoms with Gasteiger partial charge < -0.3 is 4.90 Å². The second-order valence-electron chi connectivity index (χ2n) is 5.93. The van der Waals surface area contributed by atoms with Crippen LogP contribution in [-0.4, -0.2) is 45.7 Å². The third-order valence-corrected chi connectivity index (χ3v) is 6.07. The Balaban J connectivity index is 1.71. The Bertz CT molecular complexity index is 666. The number of thioether (sulfide) groups is 1. The molecule has 1 aliphatic heterocycles. The molecule has 7 heteroatoms. The van der Waals surface area contributed by atoms with E-state index in [4.69, 9.17) is 0 Å². The largest absolute Gasteiger partial charge is 0.323 e. The maximum atomic E-state index is 12.2. The van der Waals surface area contributed by atoms with Crippen molar-refractivity contribution in [2.75, 3.05) is 29.9 Å². The summed E-state index contributed by atoms with van der Waals surface area (Å²) in [6, 6.07) is 10.1. The van der Waals surface area contributed by atoms with Crippen LogP contribution in [0.3, 0.4) is 0 Å². The van der Waals surface area contributed by atoms with Crippen LogP contribution in [-0.2, 0) is 5.41 Å². The molecule has 0 aliphatic carbocycles. The Morgan fingerprint density at radius 2 is 1.87 bits per heavy atom. The first-order valence-electron chi connectivity index (χ1n) is 7.60. The van der Waals surface area contributed by atoms with Crippen molar-refractivity contribution < 1.29 is 4.79 Å². The first-order chi connectivity index (χ1) is 11.1. The van der Waals surface area contributed by atoms with Gasteiger partial charge in [-0.2, -0.15) is 11.8 Å². The van der Waals surface area contributed by atoms with Crippen molar-refractivity contribution in [2.45, 2.75) is 19.3 Å². The summed E-state index contributed by atoms with van der Waals surface area (Å²) in [6.45, 7) is 5.82. The van der Waals surface area contributed by atoms with Crippen molar-refractivity contribution in [3.63, 3.8) is 0 Å². The molecule has 122 valence electrons. The van der Waals surface area contributed by atoms with Crippen molar-refractivity contribution in [2.24, 2.45) is 0 Å². The molecule has 23 heavy (non-hydrogen) atoms. The number of amides is 2. The summed E-state index contributed by atoms with van der Waals surface area (Å²) in [5.74, 6) is 1.99. The highest BCUT2D eigenvalue weighted by molar-refractivity contribution is 7.99. The first kappa shape index (κ1) is 16.3. The Kier molecular flexibility index (Phi) is 4.87. The average molecular weight is 348 g/mol. The van der Waals surface area contributed by atoms with Crippen LogP contribution in [0.15, 0.2) is 30.3 Å². The predicted octanol–water partition coefficient (Wildman–Crippen LogP) is 3.44. The molecule has 0 bridgehead atoms. The van der Waals surface area contributed by atoms with Gasteiger partial charge in [-0.05, 0) is 19.4 Å². The Morgan fingerprint density at radius 1 is 1.17 bits per heavy atom. The summed E-state index contributed by atoms with van der Waals surface area (Å²) >= 11 is 3.32. The van der Waals surface area contributed by atoms with Crippen molar-refractivity contribution in [1.29, 1.82) is 0 Å². The third-order valence-electron chi connectivity index (χ3n) is 3.97. The van der Waals surface area contributed by atoms with E-state index >= 15 is 0 Å². The summed E-state index contributed by atoms with van der Waals surface area (Å²) < 4.78 is 0. The van der Waals surface area contributed by atoms with Crippen LogP contribution in [0.25, 0.3) is 0 Å².